The van der Waals surface area contributed by atoms with Crippen LogP contribution < -0.4 is 10.6 Å². The molecule has 0 radical (unpaired) electrons. The van der Waals surface area contributed by atoms with Gasteiger partial charge in [-0.2, -0.15) is 0 Å². The van der Waals surface area contributed by atoms with Crippen LogP contribution in [0, 0.1) is 5.41 Å². The van der Waals surface area contributed by atoms with Gasteiger partial charge in [-0.25, -0.2) is 0 Å². The second kappa shape index (κ2) is 7.48. The second-order valence-corrected chi connectivity index (χ2v) is 5.12. The molecule has 0 atom stereocenters. The molecule has 20 heavy (non-hydrogen) atoms. The third-order valence-electron chi connectivity index (χ3n) is 3.08. The van der Waals surface area contributed by atoms with Crippen LogP contribution in [0.3, 0.4) is 0 Å². The predicted molar refractivity (Wildman–Crippen MR) is 80.1 cm³/mol. The molecule has 4 heteroatoms. The second-order valence-electron chi connectivity index (χ2n) is 5.12. The normalized spacial score (nSPS) is 10.7. The molecule has 2 amide bonds. The number of amides is 2. The molecule has 1 aromatic rings. The molecule has 108 valence electrons. The number of carbonyl (C=O) groups excluding carboxylic acids is 2. The van der Waals surface area contributed by atoms with E-state index in [2.05, 4.69) is 17.2 Å². The first kappa shape index (κ1) is 16.0. The molecule has 0 aromatic heterocycles. The van der Waals surface area contributed by atoms with Crippen molar-refractivity contribution < 1.29 is 9.59 Å². The molecular formula is C16H22N2O2. The van der Waals surface area contributed by atoms with Gasteiger partial charge >= 0.3 is 0 Å². The van der Waals surface area contributed by atoms with Gasteiger partial charge in [-0.3, -0.25) is 9.59 Å². The quantitative estimate of drug-likeness (QED) is 0.587. The average molecular weight is 274 g/mol. The molecule has 0 fully saturated rings. The van der Waals surface area contributed by atoms with Crippen molar-refractivity contribution >= 4 is 11.8 Å². The Morgan fingerprint density at radius 3 is 2.35 bits per heavy atom. The zero-order chi connectivity index (χ0) is 15.0. The maximum Gasteiger partial charge on any atom is 0.235 e. The lowest BCUT2D eigenvalue weighted by molar-refractivity contribution is -0.141. The molecule has 0 unspecified atom stereocenters. The van der Waals surface area contributed by atoms with E-state index in [0.717, 1.165) is 12.0 Å². The van der Waals surface area contributed by atoms with Gasteiger partial charge in [-0.05, 0) is 25.8 Å². The van der Waals surface area contributed by atoms with Crippen molar-refractivity contribution in [2.75, 3.05) is 13.1 Å². The highest BCUT2D eigenvalue weighted by atomic mass is 16.2. The number of hydrogen-bond acceptors (Lipinski definition) is 2. The maximum absolute atomic E-state index is 12.1. The highest BCUT2D eigenvalue weighted by Crippen LogP contribution is 2.15. The third kappa shape index (κ3) is 4.53. The minimum absolute atomic E-state index is 0.269. The van der Waals surface area contributed by atoms with Gasteiger partial charge in [0.25, 0.3) is 0 Å². The molecule has 1 aromatic carbocycles. The Labute approximate surface area is 120 Å². The van der Waals surface area contributed by atoms with Crippen LogP contribution in [0.4, 0.5) is 0 Å². The maximum atomic E-state index is 12.1. The predicted octanol–water partition coefficient (Wildman–Crippen LogP) is 1.67. The fourth-order valence-electron chi connectivity index (χ4n) is 1.67. The molecule has 0 aliphatic rings. The Morgan fingerprint density at radius 2 is 1.75 bits per heavy atom. The van der Waals surface area contributed by atoms with Gasteiger partial charge < -0.3 is 10.6 Å². The van der Waals surface area contributed by atoms with Gasteiger partial charge in [0.15, 0.2) is 0 Å². The molecule has 0 saturated heterocycles. The first-order valence-corrected chi connectivity index (χ1v) is 6.70. The Morgan fingerprint density at radius 1 is 1.15 bits per heavy atom. The van der Waals surface area contributed by atoms with E-state index in [1.807, 2.05) is 30.3 Å². The number of nitrogens with one attached hydrogen (secondary N) is 2. The Kier molecular flexibility index (Phi) is 5.97. The largest absolute Gasteiger partial charge is 0.355 e. The Balaban J connectivity index is 2.44. The van der Waals surface area contributed by atoms with E-state index >= 15 is 0 Å². The fourth-order valence-corrected chi connectivity index (χ4v) is 1.67. The van der Waals surface area contributed by atoms with Crippen LogP contribution >= 0.6 is 0 Å². The molecule has 4 nitrogen and oxygen atoms in total. The van der Waals surface area contributed by atoms with E-state index in [0.29, 0.717) is 13.1 Å². The van der Waals surface area contributed by atoms with E-state index in [-0.39, 0.29) is 11.8 Å². The van der Waals surface area contributed by atoms with Crippen molar-refractivity contribution in [3.63, 3.8) is 0 Å². The van der Waals surface area contributed by atoms with Crippen molar-refractivity contribution in [1.82, 2.24) is 10.6 Å². The fraction of sp³-hybridized carbons (Fsp3) is 0.375. The van der Waals surface area contributed by atoms with E-state index in [1.165, 1.54) is 0 Å². The SMILES string of the molecule is C=CCNC(=O)C(C)(C)C(=O)NCCc1ccccc1. The van der Waals surface area contributed by atoms with Crippen molar-refractivity contribution in [2.24, 2.45) is 5.41 Å². The summed E-state index contributed by atoms with van der Waals surface area (Å²) in [7, 11) is 0. The summed E-state index contributed by atoms with van der Waals surface area (Å²) in [5.41, 5.74) is 0.0707. The zero-order valence-corrected chi connectivity index (χ0v) is 12.1. The Hall–Kier alpha value is -2.10. The van der Waals surface area contributed by atoms with Crippen LogP contribution in [0.15, 0.2) is 43.0 Å². The summed E-state index contributed by atoms with van der Waals surface area (Å²) in [6.07, 6.45) is 2.33. The van der Waals surface area contributed by atoms with Crippen LogP contribution in [-0.4, -0.2) is 24.9 Å². The molecule has 0 saturated carbocycles. The lowest BCUT2D eigenvalue weighted by atomic mass is 9.91. The summed E-state index contributed by atoms with van der Waals surface area (Å²) >= 11 is 0. The first-order chi connectivity index (χ1) is 9.48. The van der Waals surface area contributed by atoms with Gasteiger partial charge in [0.1, 0.15) is 5.41 Å². The van der Waals surface area contributed by atoms with Crippen LogP contribution in [0.5, 0.6) is 0 Å². The van der Waals surface area contributed by atoms with Gasteiger partial charge in [-0.15, -0.1) is 6.58 Å². The van der Waals surface area contributed by atoms with Crippen LogP contribution in [0.2, 0.25) is 0 Å². The smallest absolute Gasteiger partial charge is 0.235 e. The summed E-state index contributed by atoms with van der Waals surface area (Å²) in [4.78, 5) is 23.9. The van der Waals surface area contributed by atoms with E-state index < -0.39 is 5.41 Å². The van der Waals surface area contributed by atoms with E-state index in [1.54, 1.807) is 19.9 Å². The molecule has 0 heterocycles. The summed E-state index contributed by atoms with van der Waals surface area (Å²) in [6.45, 7) is 7.63. The van der Waals surface area contributed by atoms with Crippen molar-refractivity contribution in [3.05, 3.63) is 48.6 Å². The van der Waals surface area contributed by atoms with Crippen LogP contribution in [0.1, 0.15) is 19.4 Å². The topological polar surface area (TPSA) is 58.2 Å². The molecule has 0 spiro atoms. The van der Waals surface area contributed by atoms with Crippen molar-refractivity contribution in [2.45, 2.75) is 20.3 Å². The van der Waals surface area contributed by atoms with E-state index in [4.69, 9.17) is 0 Å². The lowest BCUT2D eigenvalue weighted by Crippen LogP contribution is -2.48. The standard InChI is InChI=1S/C16H22N2O2/c1-4-11-17-14(19)16(2,3)15(20)18-12-10-13-8-6-5-7-9-13/h4-9H,1,10-12H2,2-3H3,(H,17,19)(H,18,20). The zero-order valence-electron chi connectivity index (χ0n) is 12.1. The molecular weight excluding hydrogens is 252 g/mol. The summed E-state index contributed by atoms with van der Waals surface area (Å²) < 4.78 is 0. The van der Waals surface area contributed by atoms with Crippen molar-refractivity contribution in [1.29, 1.82) is 0 Å². The summed E-state index contributed by atoms with van der Waals surface area (Å²) in [5.74, 6) is -0.565. The molecule has 1 rings (SSSR count). The lowest BCUT2D eigenvalue weighted by Gasteiger charge is -2.22. The monoisotopic (exact) mass is 274 g/mol. The molecule has 0 bridgehead atoms. The summed E-state index contributed by atoms with van der Waals surface area (Å²) in [5, 5.41) is 5.45. The molecule has 0 aliphatic carbocycles. The first-order valence-electron chi connectivity index (χ1n) is 6.70. The van der Waals surface area contributed by atoms with Gasteiger partial charge in [0.2, 0.25) is 11.8 Å². The number of carbonyl (C=O) groups is 2. The van der Waals surface area contributed by atoms with Gasteiger partial charge in [-0.1, -0.05) is 36.4 Å². The molecule has 0 aliphatic heterocycles. The summed E-state index contributed by atoms with van der Waals surface area (Å²) in [6, 6.07) is 9.89. The minimum atomic E-state index is -1.08. The number of benzene rings is 1. The highest BCUT2D eigenvalue weighted by molar-refractivity contribution is 6.04. The third-order valence-corrected chi connectivity index (χ3v) is 3.08. The van der Waals surface area contributed by atoms with Gasteiger partial charge in [0, 0.05) is 13.1 Å². The van der Waals surface area contributed by atoms with E-state index in [9.17, 15) is 9.59 Å². The minimum Gasteiger partial charge on any atom is -0.355 e. The molecule has 2 N–H and O–H groups in total. The van der Waals surface area contributed by atoms with Crippen LogP contribution in [-0.2, 0) is 16.0 Å². The number of rotatable bonds is 7. The van der Waals surface area contributed by atoms with Crippen molar-refractivity contribution in [3.8, 4) is 0 Å². The number of hydrogen-bond donors (Lipinski definition) is 2. The average Bonchev–Trinajstić information content (AvgIpc) is 2.45. The van der Waals surface area contributed by atoms with Gasteiger partial charge in [0.05, 0.1) is 0 Å². The Bertz CT molecular complexity index is 467. The highest BCUT2D eigenvalue weighted by Gasteiger charge is 2.35. The van der Waals surface area contributed by atoms with Crippen LogP contribution in [0.25, 0.3) is 0 Å².